The smallest absolute Gasteiger partial charge is 0.337 e. The molecule has 0 radical (unpaired) electrons. The van der Waals surface area contributed by atoms with Crippen molar-refractivity contribution in [2.75, 3.05) is 19.0 Å². The zero-order valence-electron chi connectivity index (χ0n) is 12.9. The molecular formula is C16H24N2O3. The second-order valence-electron chi connectivity index (χ2n) is 5.56. The molecule has 1 aromatic carbocycles. The van der Waals surface area contributed by atoms with E-state index in [0.29, 0.717) is 30.1 Å². The maximum Gasteiger partial charge on any atom is 0.337 e. The van der Waals surface area contributed by atoms with Crippen LogP contribution in [0.4, 0.5) is 5.69 Å². The highest BCUT2D eigenvalue weighted by atomic mass is 16.5. The predicted octanol–water partition coefficient (Wildman–Crippen LogP) is 2.42. The van der Waals surface area contributed by atoms with Crippen molar-refractivity contribution in [2.45, 2.75) is 26.7 Å². The Morgan fingerprint density at radius 3 is 2.62 bits per heavy atom. The van der Waals surface area contributed by atoms with E-state index in [2.05, 4.69) is 23.9 Å². The van der Waals surface area contributed by atoms with Crippen LogP contribution >= 0.6 is 0 Å². The number of anilines is 1. The topological polar surface area (TPSA) is 81.4 Å². The van der Waals surface area contributed by atoms with Crippen LogP contribution in [0.1, 0.15) is 37.0 Å². The molecule has 3 N–H and O–H groups in total. The molecule has 1 atom stereocenters. The van der Waals surface area contributed by atoms with Gasteiger partial charge in [-0.15, -0.1) is 0 Å². The van der Waals surface area contributed by atoms with Gasteiger partial charge in [-0.3, -0.25) is 4.79 Å². The second-order valence-corrected chi connectivity index (χ2v) is 5.56. The molecule has 0 aliphatic heterocycles. The molecule has 0 fully saturated rings. The summed E-state index contributed by atoms with van der Waals surface area (Å²) >= 11 is 0. The van der Waals surface area contributed by atoms with Crippen LogP contribution in [0.25, 0.3) is 0 Å². The Morgan fingerprint density at radius 2 is 2.05 bits per heavy atom. The lowest BCUT2D eigenvalue weighted by Crippen LogP contribution is -2.23. The molecule has 1 aromatic rings. The molecule has 5 nitrogen and oxygen atoms in total. The van der Waals surface area contributed by atoms with Crippen LogP contribution in [0, 0.1) is 11.8 Å². The normalized spacial score (nSPS) is 12.0. The minimum atomic E-state index is -0.425. The van der Waals surface area contributed by atoms with Gasteiger partial charge in [0.25, 0.3) is 0 Å². The Bertz CT molecular complexity index is 486. The van der Waals surface area contributed by atoms with Crippen molar-refractivity contribution in [1.82, 2.24) is 0 Å². The minimum absolute atomic E-state index is 0.0897. The second kappa shape index (κ2) is 8.42. The first-order valence-electron chi connectivity index (χ1n) is 7.14. The van der Waals surface area contributed by atoms with Gasteiger partial charge in [-0.2, -0.15) is 0 Å². The summed E-state index contributed by atoms with van der Waals surface area (Å²) in [4.78, 5) is 23.5. The van der Waals surface area contributed by atoms with Gasteiger partial charge in [0.05, 0.1) is 12.7 Å². The van der Waals surface area contributed by atoms with E-state index in [0.717, 1.165) is 6.42 Å². The molecule has 21 heavy (non-hydrogen) atoms. The summed E-state index contributed by atoms with van der Waals surface area (Å²) in [5, 5.41) is 2.80. The molecule has 1 rings (SSSR count). The van der Waals surface area contributed by atoms with Crippen molar-refractivity contribution in [3.63, 3.8) is 0 Å². The summed E-state index contributed by atoms with van der Waals surface area (Å²) in [6.45, 7) is 4.72. The Morgan fingerprint density at radius 1 is 1.33 bits per heavy atom. The monoisotopic (exact) mass is 292 g/mol. The number of benzene rings is 1. The third-order valence-electron chi connectivity index (χ3n) is 3.18. The number of hydrogen-bond acceptors (Lipinski definition) is 4. The van der Waals surface area contributed by atoms with Gasteiger partial charge in [0, 0.05) is 12.1 Å². The predicted molar refractivity (Wildman–Crippen MR) is 83.0 cm³/mol. The van der Waals surface area contributed by atoms with Gasteiger partial charge in [0.2, 0.25) is 5.91 Å². The fraction of sp³-hybridized carbons (Fsp3) is 0.500. The highest BCUT2D eigenvalue weighted by Crippen LogP contribution is 2.16. The van der Waals surface area contributed by atoms with E-state index in [1.807, 2.05) is 0 Å². The minimum Gasteiger partial charge on any atom is -0.465 e. The Hall–Kier alpha value is -1.88. The fourth-order valence-electron chi connectivity index (χ4n) is 2.25. The maximum absolute atomic E-state index is 12.0. The molecular weight excluding hydrogens is 268 g/mol. The van der Waals surface area contributed by atoms with Crippen molar-refractivity contribution in [3.8, 4) is 0 Å². The number of carbonyl (C=O) groups excluding carboxylic acids is 2. The largest absolute Gasteiger partial charge is 0.465 e. The van der Waals surface area contributed by atoms with Crippen LogP contribution in [-0.4, -0.2) is 25.5 Å². The SMILES string of the molecule is COC(=O)c1cccc(NC(=O)C[C@@H](CN)CC(C)C)c1. The third-order valence-corrected chi connectivity index (χ3v) is 3.18. The number of esters is 1. The summed E-state index contributed by atoms with van der Waals surface area (Å²) in [5.74, 6) is 0.168. The number of amides is 1. The van der Waals surface area contributed by atoms with E-state index >= 15 is 0 Å². The zero-order chi connectivity index (χ0) is 15.8. The highest BCUT2D eigenvalue weighted by molar-refractivity contribution is 5.94. The first kappa shape index (κ1) is 17.2. The summed E-state index contributed by atoms with van der Waals surface area (Å²) in [5.41, 5.74) is 6.70. The number of hydrogen-bond donors (Lipinski definition) is 2. The van der Waals surface area contributed by atoms with Gasteiger partial charge in [0.1, 0.15) is 0 Å². The molecule has 0 spiro atoms. The van der Waals surface area contributed by atoms with Crippen LogP contribution in [0.15, 0.2) is 24.3 Å². The van der Waals surface area contributed by atoms with Crippen molar-refractivity contribution >= 4 is 17.6 Å². The first-order valence-corrected chi connectivity index (χ1v) is 7.14. The van der Waals surface area contributed by atoms with Crippen LogP contribution in [0.5, 0.6) is 0 Å². The number of methoxy groups -OCH3 is 1. The molecule has 0 heterocycles. The number of nitrogens with one attached hydrogen (secondary N) is 1. The van der Waals surface area contributed by atoms with Gasteiger partial charge in [0.15, 0.2) is 0 Å². The van der Waals surface area contributed by atoms with Crippen LogP contribution in [0.2, 0.25) is 0 Å². The van der Waals surface area contributed by atoms with Crippen molar-refractivity contribution in [1.29, 1.82) is 0 Å². The summed E-state index contributed by atoms with van der Waals surface area (Å²) in [6, 6.07) is 6.69. The maximum atomic E-state index is 12.0. The van der Waals surface area contributed by atoms with Crippen LogP contribution in [-0.2, 0) is 9.53 Å². The zero-order valence-corrected chi connectivity index (χ0v) is 12.9. The average Bonchev–Trinajstić information content (AvgIpc) is 2.45. The van der Waals surface area contributed by atoms with E-state index in [1.165, 1.54) is 7.11 Å². The molecule has 1 amide bonds. The molecule has 0 saturated carbocycles. The molecule has 5 heteroatoms. The van der Waals surface area contributed by atoms with Gasteiger partial charge >= 0.3 is 5.97 Å². The molecule has 116 valence electrons. The lowest BCUT2D eigenvalue weighted by molar-refractivity contribution is -0.117. The van der Waals surface area contributed by atoms with Gasteiger partial charge in [-0.1, -0.05) is 19.9 Å². The van der Waals surface area contributed by atoms with Crippen molar-refractivity contribution in [3.05, 3.63) is 29.8 Å². The summed E-state index contributed by atoms with van der Waals surface area (Å²) in [7, 11) is 1.32. The molecule has 0 aromatic heterocycles. The number of nitrogens with two attached hydrogens (primary N) is 1. The average molecular weight is 292 g/mol. The van der Waals surface area contributed by atoms with E-state index < -0.39 is 5.97 Å². The van der Waals surface area contributed by atoms with Crippen molar-refractivity contribution < 1.29 is 14.3 Å². The van der Waals surface area contributed by atoms with Crippen molar-refractivity contribution in [2.24, 2.45) is 17.6 Å². The van der Waals surface area contributed by atoms with E-state index in [4.69, 9.17) is 5.73 Å². The Kier molecular flexibility index (Phi) is 6.88. The molecule has 0 bridgehead atoms. The molecule has 0 aliphatic carbocycles. The Labute approximate surface area is 125 Å². The van der Waals surface area contributed by atoms with Gasteiger partial charge in [-0.05, 0) is 43.0 Å². The van der Waals surface area contributed by atoms with E-state index in [-0.39, 0.29) is 11.8 Å². The van der Waals surface area contributed by atoms with Crippen LogP contribution < -0.4 is 11.1 Å². The third kappa shape index (κ3) is 5.95. The van der Waals surface area contributed by atoms with Gasteiger partial charge < -0.3 is 15.8 Å². The Balaban J connectivity index is 2.64. The summed E-state index contributed by atoms with van der Waals surface area (Å²) in [6.07, 6.45) is 1.31. The number of carbonyl (C=O) groups is 2. The molecule has 0 unspecified atom stereocenters. The lowest BCUT2D eigenvalue weighted by atomic mass is 9.94. The molecule has 0 saturated heterocycles. The fourth-order valence-corrected chi connectivity index (χ4v) is 2.25. The van der Waals surface area contributed by atoms with E-state index in [1.54, 1.807) is 24.3 Å². The quantitative estimate of drug-likeness (QED) is 0.756. The lowest BCUT2D eigenvalue weighted by Gasteiger charge is -2.16. The number of ether oxygens (including phenoxy) is 1. The summed E-state index contributed by atoms with van der Waals surface area (Å²) < 4.78 is 4.65. The highest BCUT2D eigenvalue weighted by Gasteiger charge is 2.14. The van der Waals surface area contributed by atoms with Crippen LogP contribution in [0.3, 0.4) is 0 Å². The standard InChI is InChI=1S/C16H24N2O3/c1-11(2)7-12(10-17)8-15(19)18-14-6-4-5-13(9-14)16(20)21-3/h4-6,9,11-12H,7-8,10,17H2,1-3H3,(H,18,19)/t12-/m0/s1. The first-order chi connectivity index (χ1) is 9.96. The molecule has 0 aliphatic rings. The van der Waals surface area contributed by atoms with Gasteiger partial charge in [-0.25, -0.2) is 4.79 Å². The number of rotatable bonds is 7. The van der Waals surface area contributed by atoms with E-state index in [9.17, 15) is 9.59 Å².